The number of hydrogen-bond acceptors (Lipinski definition) is 4. The van der Waals surface area contributed by atoms with Gasteiger partial charge in [0.25, 0.3) is 5.91 Å². The van der Waals surface area contributed by atoms with Crippen LogP contribution in [0, 0.1) is 0 Å². The van der Waals surface area contributed by atoms with Crippen molar-refractivity contribution in [1.82, 2.24) is 4.31 Å². The SMILES string of the molecule is O=C(c1cc(S(=O)(=O)N2CCCCCC2)cs1)N1CCc2ccccc21. The van der Waals surface area contributed by atoms with Crippen molar-refractivity contribution in [2.75, 3.05) is 24.5 Å². The number of carbonyl (C=O) groups is 1. The Morgan fingerprint density at radius 3 is 2.50 bits per heavy atom. The fraction of sp³-hybridized carbons (Fsp3) is 0.421. The second-order valence-electron chi connectivity index (χ2n) is 6.80. The molecular weight excluding hydrogens is 368 g/mol. The summed E-state index contributed by atoms with van der Waals surface area (Å²) >= 11 is 1.22. The van der Waals surface area contributed by atoms with Gasteiger partial charge in [0.15, 0.2) is 0 Å². The van der Waals surface area contributed by atoms with Crippen LogP contribution in [0.2, 0.25) is 0 Å². The Hall–Kier alpha value is -1.70. The van der Waals surface area contributed by atoms with Crippen molar-refractivity contribution >= 4 is 33.0 Å². The van der Waals surface area contributed by atoms with E-state index in [-0.39, 0.29) is 10.8 Å². The van der Waals surface area contributed by atoms with Gasteiger partial charge >= 0.3 is 0 Å². The third-order valence-corrected chi connectivity index (χ3v) is 8.07. The lowest BCUT2D eigenvalue weighted by molar-refractivity contribution is 0.0993. The first-order valence-corrected chi connectivity index (χ1v) is 11.4. The van der Waals surface area contributed by atoms with E-state index in [9.17, 15) is 13.2 Å². The Bertz CT molecular complexity index is 912. The molecule has 0 saturated carbocycles. The molecular formula is C19H22N2O3S2. The molecule has 138 valence electrons. The van der Waals surface area contributed by atoms with E-state index in [0.717, 1.165) is 43.4 Å². The predicted molar refractivity (Wildman–Crippen MR) is 103 cm³/mol. The van der Waals surface area contributed by atoms with Crippen LogP contribution in [0.1, 0.15) is 40.9 Å². The molecule has 1 aromatic carbocycles. The highest BCUT2D eigenvalue weighted by molar-refractivity contribution is 7.89. The van der Waals surface area contributed by atoms with Gasteiger partial charge in [0.1, 0.15) is 0 Å². The molecule has 0 spiro atoms. The van der Waals surface area contributed by atoms with Gasteiger partial charge in [-0.05, 0) is 37.0 Å². The Morgan fingerprint density at radius 2 is 1.73 bits per heavy atom. The molecule has 0 radical (unpaired) electrons. The zero-order valence-corrected chi connectivity index (χ0v) is 16.2. The minimum Gasteiger partial charge on any atom is -0.307 e. The van der Waals surface area contributed by atoms with Crippen LogP contribution in [0.5, 0.6) is 0 Å². The van der Waals surface area contributed by atoms with Crippen LogP contribution >= 0.6 is 11.3 Å². The number of amides is 1. The molecule has 5 nitrogen and oxygen atoms in total. The van der Waals surface area contributed by atoms with E-state index in [2.05, 4.69) is 0 Å². The number of anilines is 1. The fourth-order valence-electron chi connectivity index (χ4n) is 3.68. The van der Waals surface area contributed by atoms with Crippen LogP contribution in [-0.4, -0.2) is 38.3 Å². The van der Waals surface area contributed by atoms with Gasteiger partial charge in [-0.2, -0.15) is 4.31 Å². The van der Waals surface area contributed by atoms with E-state index in [4.69, 9.17) is 0 Å². The van der Waals surface area contributed by atoms with Crippen molar-refractivity contribution in [3.05, 3.63) is 46.2 Å². The molecule has 0 unspecified atom stereocenters. The van der Waals surface area contributed by atoms with Crippen LogP contribution in [0.4, 0.5) is 5.69 Å². The number of nitrogens with zero attached hydrogens (tertiary/aromatic N) is 2. The van der Waals surface area contributed by atoms with Crippen molar-refractivity contribution in [2.45, 2.75) is 37.0 Å². The maximum Gasteiger partial charge on any atom is 0.268 e. The largest absolute Gasteiger partial charge is 0.307 e. The average Bonchev–Trinajstić information content (AvgIpc) is 3.21. The minimum atomic E-state index is -3.51. The third-order valence-electron chi connectivity index (χ3n) is 5.12. The van der Waals surface area contributed by atoms with Gasteiger partial charge in [-0.1, -0.05) is 31.0 Å². The number of rotatable bonds is 3. The van der Waals surface area contributed by atoms with Gasteiger partial charge in [0.2, 0.25) is 10.0 Å². The predicted octanol–water partition coefficient (Wildman–Crippen LogP) is 3.52. The number of carbonyl (C=O) groups excluding carboxylic acids is 1. The fourth-order valence-corrected chi connectivity index (χ4v) is 6.41. The van der Waals surface area contributed by atoms with E-state index in [1.54, 1.807) is 20.7 Å². The molecule has 1 aromatic heterocycles. The van der Waals surface area contributed by atoms with Crippen LogP contribution < -0.4 is 4.90 Å². The monoisotopic (exact) mass is 390 g/mol. The van der Waals surface area contributed by atoms with Crippen molar-refractivity contribution < 1.29 is 13.2 Å². The van der Waals surface area contributed by atoms with E-state index in [0.29, 0.717) is 24.5 Å². The van der Waals surface area contributed by atoms with Crippen LogP contribution in [0.25, 0.3) is 0 Å². The summed E-state index contributed by atoms with van der Waals surface area (Å²) < 4.78 is 27.4. The zero-order valence-electron chi connectivity index (χ0n) is 14.6. The lowest BCUT2D eigenvalue weighted by Gasteiger charge is -2.19. The molecule has 7 heteroatoms. The van der Waals surface area contributed by atoms with E-state index in [1.807, 2.05) is 24.3 Å². The summed E-state index contributed by atoms with van der Waals surface area (Å²) in [6, 6.07) is 9.43. The highest BCUT2D eigenvalue weighted by Gasteiger charge is 2.30. The second kappa shape index (κ2) is 7.13. The summed E-state index contributed by atoms with van der Waals surface area (Å²) in [4.78, 5) is 15.4. The first kappa shape index (κ1) is 17.7. The van der Waals surface area contributed by atoms with Crippen molar-refractivity contribution in [3.8, 4) is 0 Å². The molecule has 3 heterocycles. The molecule has 26 heavy (non-hydrogen) atoms. The van der Waals surface area contributed by atoms with E-state index < -0.39 is 10.0 Å². The summed E-state index contributed by atoms with van der Waals surface area (Å²) in [7, 11) is -3.51. The number of thiophene rings is 1. The molecule has 0 atom stereocenters. The van der Waals surface area contributed by atoms with E-state index >= 15 is 0 Å². The Morgan fingerprint density at radius 1 is 1.00 bits per heavy atom. The zero-order chi connectivity index (χ0) is 18.1. The molecule has 0 aliphatic carbocycles. The van der Waals surface area contributed by atoms with Crippen molar-refractivity contribution in [2.24, 2.45) is 0 Å². The molecule has 1 saturated heterocycles. The maximum absolute atomic E-state index is 12.9. The van der Waals surface area contributed by atoms with Gasteiger partial charge in [-0.3, -0.25) is 4.79 Å². The first-order chi connectivity index (χ1) is 12.6. The molecule has 0 N–H and O–H groups in total. The van der Waals surface area contributed by atoms with Gasteiger partial charge in [-0.25, -0.2) is 8.42 Å². The number of para-hydroxylation sites is 1. The Labute approximate surface area is 158 Å². The van der Waals surface area contributed by atoms with Gasteiger partial charge in [0, 0.05) is 30.7 Å². The lowest BCUT2D eigenvalue weighted by Crippen LogP contribution is -2.31. The summed E-state index contributed by atoms with van der Waals surface area (Å²) in [5.74, 6) is -0.114. The normalized spacial score (nSPS) is 18.5. The first-order valence-electron chi connectivity index (χ1n) is 9.06. The second-order valence-corrected chi connectivity index (χ2v) is 9.65. The van der Waals surface area contributed by atoms with Gasteiger partial charge in [0.05, 0.1) is 9.77 Å². The van der Waals surface area contributed by atoms with E-state index in [1.165, 1.54) is 11.3 Å². The van der Waals surface area contributed by atoms with Crippen LogP contribution in [0.15, 0.2) is 40.6 Å². The number of benzene rings is 1. The number of fused-ring (bicyclic) bond motifs is 1. The quantitative estimate of drug-likeness (QED) is 0.806. The summed E-state index contributed by atoms with van der Waals surface area (Å²) in [5.41, 5.74) is 2.10. The average molecular weight is 391 g/mol. The minimum absolute atomic E-state index is 0.114. The van der Waals surface area contributed by atoms with Crippen molar-refractivity contribution in [3.63, 3.8) is 0 Å². The van der Waals surface area contributed by atoms with Gasteiger partial charge in [-0.15, -0.1) is 11.3 Å². The highest BCUT2D eigenvalue weighted by atomic mass is 32.2. The molecule has 2 aliphatic rings. The topological polar surface area (TPSA) is 57.7 Å². The number of sulfonamides is 1. The molecule has 2 aromatic rings. The summed E-state index contributed by atoms with van der Waals surface area (Å²) in [6.45, 7) is 1.78. The number of hydrogen-bond donors (Lipinski definition) is 0. The van der Waals surface area contributed by atoms with Crippen LogP contribution in [0.3, 0.4) is 0 Å². The van der Waals surface area contributed by atoms with Gasteiger partial charge < -0.3 is 4.90 Å². The highest BCUT2D eigenvalue weighted by Crippen LogP contribution is 2.31. The summed E-state index contributed by atoms with van der Waals surface area (Å²) in [5, 5.41) is 1.61. The molecule has 0 bridgehead atoms. The maximum atomic E-state index is 12.9. The van der Waals surface area contributed by atoms with Crippen molar-refractivity contribution in [1.29, 1.82) is 0 Å². The Kier molecular flexibility index (Phi) is 4.86. The molecule has 1 fully saturated rings. The summed E-state index contributed by atoms with van der Waals surface area (Å²) in [6.07, 6.45) is 4.80. The third kappa shape index (κ3) is 3.19. The smallest absolute Gasteiger partial charge is 0.268 e. The standard InChI is InChI=1S/C19H22N2O3S2/c22-19(21-12-9-15-7-3-4-8-17(15)21)18-13-16(14-25-18)26(23,24)20-10-5-1-2-6-11-20/h3-4,7-8,13-14H,1-2,5-6,9-12H2. The molecule has 2 aliphatic heterocycles. The lowest BCUT2D eigenvalue weighted by atomic mass is 10.2. The Balaban J connectivity index is 1.57. The van der Waals surface area contributed by atoms with Crippen LogP contribution in [-0.2, 0) is 16.4 Å². The molecule has 4 rings (SSSR count). The molecule has 1 amide bonds.